The summed E-state index contributed by atoms with van der Waals surface area (Å²) in [7, 11) is 0. The lowest BCUT2D eigenvalue weighted by atomic mass is 10.1. The number of fused-ring (bicyclic) bond motifs is 1. The molecule has 0 aliphatic carbocycles. The van der Waals surface area contributed by atoms with Crippen LogP contribution in [0.15, 0.2) is 34.1 Å². The van der Waals surface area contributed by atoms with Gasteiger partial charge in [-0.3, -0.25) is 0 Å². The zero-order chi connectivity index (χ0) is 12.5. The monoisotopic (exact) mass is 325 g/mol. The van der Waals surface area contributed by atoms with E-state index < -0.39 is 0 Å². The van der Waals surface area contributed by atoms with E-state index in [9.17, 15) is 0 Å². The van der Waals surface area contributed by atoms with Gasteiger partial charge in [0.05, 0.1) is 9.83 Å². The summed E-state index contributed by atoms with van der Waals surface area (Å²) in [4.78, 5) is 1.12. The first kappa shape index (κ1) is 12.0. The topological polar surface area (TPSA) is 44.5 Å². The minimum atomic E-state index is -0.128. The number of halogens is 1. The van der Waals surface area contributed by atoms with Crippen molar-refractivity contribution in [2.45, 2.75) is 6.04 Å². The molecule has 0 bridgehead atoms. The molecule has 1 aliphatic rings. The predicted molar refractivity (Wildman–Crippen MR) is 75.5 cm³/mol. The molecule has 1 aromatic heterocycles. The first-order chi connectivity index (χ1) is 8.74. The summed E-state index contributed by atoms with van der Waals surface area (Å²) in [5, 5.41) is 0. The molecule has 1 aromatic carbocycles. The van der Waals surface area contributed by atoms with Crippen molar-refractivity contribution in [1.29, 1.82) is 0 Å². The van der Waals surface area contributed by atoms with Gasteiger partial charge in [0.25, 0.3) is 0 Å². The van der Waals surface area contributed by atoms with E-state index in [1.807, 2.05) is 30.3 Å². The molecule has 94 valence electrons. The third kappa shape index (κ3) is 2.25. The molecule has 5 heteroatoms. The van der Waals surface area contributed by atoms with Crippen LogP contribution in [0.1, 0.15) is 16.5 Å². The van der Waals surface area contributed by atoms with E-state index >= 15 is 0 Å². The van der Waals surface area contributed by atoms with Crippen molar-refractivity contribution in [3.05, 3.63) is 44.6 Å². The van der Waals surface area contributed by atoms with Crippen molar-refractivity contribution < 1.29 is 9.47 Å². The van der Waals surface area contributed by atoms with Crippen molar-refractivity contribution in [1.82, 2.24) is 0 Å². The van der Waals surface area contributed by atoms with Gasteiger partial charge >= 0.3 is 0 Å². The molecule has 3 rings (SSSR count). The lowest BCUT2D eigenvalue weighted by Crippen LogP contribution is -2.16. The molecule has 1 unspecified atom stereocenters. The molecule has 1 atom stereocenters. The molecular formula is C13H12BrNO2S. The van der Waals surface area contributed by atoms with Gasteiger partial charge in [0.2, 0.25) is 0 Å². The van der Waals surface area contributed by atoms with E-state index in [1.54, 1.807) is 11.3 Å². The summed E-state index contributed by atoms with van der Waals surface area (Å²) >= 11 is 5.10. The third-order valence-corrected chi connectivity index (χ3v) is 4.53. The summed E-state index contributed by atoms with van der Waals surface area (Å²) in [6.45, 7) is 1.20. The minimum Gasteiger partial charge on any atom is -0.486 e. The van der Waals surface area contributed by atoms with Crippen molar-refractivity contribution in [2.24, 2.45) is 5.73 Å². The lowest BCUT2D eigenvalue weighted by Gasteiger charge is -2.20. The Kier molecular flexibility index (Phi) is 3.28. The molecule has 2 heterocycles. The largest absolute Gasteiger partial charge is 0.486 e. The van der Waals surface area contributed by atoms with Gasteiger partial charge in [-0.1, -0.05) is 6.07 Å². The van der Waals surface area contributed by atoms with Gasteiger partial charge in [0.15, 0.2) is 11.5 Å². The molecular weight excluding hydrogens is 314 g/mol. The second kappa shape index (κ2) is 4.91. The fraction of sp³-hybridized carbons (Fsp3) is 0.231. The van der Waals surface area contributed by atoms with Gasteiger partial charge in [-0.15, -0.1) is 11.3 Å². The number of rotatable bonds is 2. The Hall–Kier alpha value is -1.04. The zero-order valence-electron chi connectivity index (χ0n) is 9.56. The number of nitrogens with two attached hydrogens (primary N) is 1. The molecule has 1 aliphatic heterocycles. The molecule has 2 N–H and O–H groups in total. The highest BCUT2D eigenvalue weighted by Gasteiger charge is 2.16. The van der Waals surface area contributed by atoms with Crippen LogP contribution in [0.25, 0.3) is 0 Å². The van der Waals surface area contributed by atoms with Crippen LogP contribution in [-0.4, -0.2) is 13.2 Å². The maximum absolute atomic E-state index is 6.26. The molecule has 18 heavy (non-hydrogen) atoms. The molecule has 2 aromatic rings. The van der Waals surface area contributed by atoms with Gasteiger partial charge < -0.3 is 15.2 Å². The van der Waals surface area contributed by atoms with E-state index in [2.05, 4.69) is 15.9 Å². The van der Waals surface area contributed by atoms with Crippen LogP contribution in [0.2, 0.25) is 0 Å². The second-order valence-electron chi connectivity index (χ2n) is 4.02. The summed E-state index contributed by atoms with van der Waals surface area (Å²) < 4.78 is 12.2. The molecule has 0 amide bonds. The first-order valence-corrected chi connectivity index (χ1v) is 7.25. The highest BCUT2D eigenvalue weighted by molar-refractivity contribution is 9.11. The van der Waals surface area contributed by atoms with Crippen LogP contribution >= 0.6 is 27.3 Å². The summed E-state index contributed by atoms with van der Waals surface area (Å²) in [6.07, 6.45) is 0. The lowest BCUT2D eigenvalue weighted by molar-refractivity contribution is 0.171. The average Bonchev–Trinajstić information content (AvgIpc) is 2.84. The van der Waals surface area contributed by atoms with Crippen molar-refractivity contribution in [3.8, 4) is 11.5 Å². The second-order valence-corrected chi connectivity index (χ2v) is 6.52. The van der Waals surface area contributed by atoms with Gasteiger partial charge in [-0.05, 0) is 45.8 Å². The summed E-state index contributed by atoms with van der Waals surface area (Å²) in [5.41, 5.74) is 7.29. The van der Waals surface area contributed by atoms with Crippen molar-refractivity contribution >= 4 is 27.3 Å². The van der Waals surface area contributed by atoms with Crippen LogP contribution in [-0.2, 0) is 0 Å². The minimum absolute atomic E-state index is 0.128. The number of benzene rings is 1. The fourth-order valence-electron chi connectivity index (χ4n) is 1.91. The summed E-state index contributed by atoms with van der Waals surface area (Å²) in [6, 6.07) is 9.80. The number of ether oxygens (including phenoxy) is 2. The van der Waals surface area contributed by atoms with Crippen LogP contribution in [0, 0.1) is 0 Å². The van der Waals surface area contributed by atoms with Gasteiger partial charge in [0, 0.05) is 4.88 Å². The highest BCUT2D eigenvalue weighted by Crippen LogP contribution is 2.35. The molecule has 0 radical (unpaired) electrons. The molecule has 0 saturated carbocycles. The van der Waals surface area contributed by atoms with E-state index in [4.69, 9.17) is 15.2 Å². The fourth-order valence-corrected chi connectivity index (χ4v) is 3.37. The Bertz CT molecular complexity index is 570. The van der Waals surface area contributed by atoms with Crippen LogP contribution < -0.4 is 15.2 Å². The smallest absolute Gasteiger partial charge is 0.161 e. The summed E-state index contributed by atoms with van der Waals surface area (Å²) in [5.74, 6) is 1.58. The molecule has 0 fully saturated rings. The van der Waals surface area contributed by atoms with Crippen molar-refractivity contribution in [3.63, 3.8) is 0 Å². The maximum atomic E-state index is 6.26. The maximum Gasteiger partial charge on any atom is 0.161 e. The van der Waals surface area contributed by atoms with Crippen LogP contribution in [0.3, 0.4) is 0 Å². The highest BCUT2D eigenvalue weighted by atomic mass is 79.9. The number of hydrogen-bond acceptors (Lipinski definition) is 4. The normalized spacial score (nSPS) is 15.4. The van der Waals surface area contributed by atoms with E-state index in [1.165, 1.54) is 0 Å². The predicted octanol–water partition coefficient (Wildman–Crippen LogP) is 3.33. The van der Waals surface area contributed by atoms with E-state index in [0.717, 1.165) is 25.7 Å². The standard InChI is InChI=1S/C13H12BrNO2S/c14-12-4-3-11(18-12)13(15)8-1-2-9-10(7-8)17-6-5-16-9/h1-4,7,13H,5-6,15H2. The Morgan fingerprint density at radius 3 is 2.61 bits per heavy atom. The third-order valence-electron chi connectivity index (χ3n) is 2.83. The Morgan fingerprint density at radius 2 is 1.89 bits per heavy atom. The SMILES string of the molecule is NC(c1ccc2c(c1)OCCO2)c1ccc(Br)s1. The van der Waals surface area contributed by atoms with Gasteiger partial charge in [-0.2, -0.15) is 0 Å². The number of thiophene rings is 1. The van der Waals surface area contributed by atoms with Gasteiger partial charge in [-0.25, -0.2) is 0 Å². The molecule has 0 saturated heterocycles. The van der Waals surface area contributed by atoms with E-state index in [-0.39, 0.29) is 6.04 Å². The van der Waals surface area contributed by atoms with E-state index in [0.29, 0.717) is 13.2 Å². The Balaban J connectivity index is 1.92. The van der Waals surface area contributed by atoms with Crippen molar-refractivity contribution in [2.75, 3.05) is 13.2 Å². The molecule has 0 spiro atoms. The Morgan fingerprint density at radius 1 is 1.11 bits per heavy atom. The Labute approximate surface area is 118 Å². The van der Waals surface area contributed by atoms with Gasteiger partial charge in [0.1, 0.15) is 13.2 Å². The number of hydrogen-bond donors (Lipinski definition) is 1. The first-order valence-electron chi connectivity index (χ1n) is 5.64. The molecule has 3 nitrogen and oxygen atoms in total. The average molecular weight is 326 g/mol. The van der Waals surface area contributed by atoms with Crippen LogP contribution in [0.4, 0.5) is 0 Å². The zero-order valence-corrected chi connectivity index (χ0v) is 12.0. The van der Waals surface area contributed by atoms with Crippen LogP contribution in [0.5, 0.6) is 11.5 Å². The quantitative estimate of drug-likeness (QED) is 0.921.